The van der Waals surface area contributed by atoms with Gasteiger partial charge in [0, 0.05) is 0 Å². The molecule has 0 fully saturated rings. The molecule has 4 nitrogen and oxygen atoms in total. The topological polar surface area (TPSA) is 66.4 Å². The molecule has 0 radical (unpaired) electrons. The standard InChI is InChI=1S/C12H15NO3/c1-7-5-4-6-10(11(7)15)12(16)13-8(2)9(3)14/h4-6,8,15H,1-3H3,(H,13,16). The van der Waals surface area contributed by atoms with Crippen LogP contribution in [0.4, 0.5) is 0 Å². The van der Waals surface area contributed by atoms with E-state index in [1.165, 1.54) is 13.0 Å². The van der Waals surface area contributed by atoms with Gasteiger partial charge in [-0.15, -0.1) is 0 Å². The van der Waals surface area contributed by atoms with Crippen molar-refractivity contribution >= 4 is 11.7 Å². The van der Waals surface area contributed by atoms with Crippen molar-refractivity contribution in [1.82, 2.24) is 5.32 Å². The molecule has 0 heterocycles. The van der Waals surface area contributed by atoms with Gasteiger partial charge in [0.05, 0.1) is 11.6 Å². The lowest BCUT2D eigenvalue weighted by Gasteiger charge is -2.12. The lowest BCUT2D eigenvalue weighted by molar-refractivity contribution is -0.118. The maximum absolute atomic E-state index is 11.7. The van der Waals surface area contributed by atoms with Crippen molar-refractivity contribution in [3.63, 3.8) is 0 Å². The fraction of sp³-hybridized carbons (Fsp3) is 0.333. The van der Waals surface area contributed by atoms with Gasteiger partial charge in [-0.3, -0.25) is 9.59 Å². The summed E-state index contributed by atoms with van der Waals surface area (Å²) in [7, 11) is 0. The molecule has 0 saturated heterocycles. The molecule has 1 amide bonds. The third-order valence-electron chi connectivity index (χ3n) is 2.44. The zero-order chi connectivity index (χ0) is 12.3. The van der Waals surface area contributed by atoms with Crippen LogP contribution < -0.4 is 5.32 Å². The van der Waals surface area contributed by atoms with E-state index in [1.807, 2.05) is 0 Å². The number of hydrogen-bond donors (Lipinski definition) is 2. The van der Waals surface area contributed by atoms with Crippen LogP contribution in [0.3, 0.4) is 0 Å². The smallest absolute Gasteiger partial charge is 0.255 e. The van der Waals surface area contributed by atoms with Crippen LogP contribution >= 0.6 is 0 Å². The molecule has 0 saturated carbocycles. The molecule has 1 rings (SSSR count). The van der Waals surface area contributed by atoms with Crippen LogP contribution in [0.2, 0.25) is 0 Å². The number of benzene rings is 1. The Balaban J connectivity index is 2.89. The minimum absolute atomic E-state index is 0.0456. The minimum Gasteiger partial charge on any atom is -0.507 e. The number of nitrogens with one attached hydrogen (secondary N) is 1. The number of aromatic hydroxyl groups is 1. The van der Waals surface area contributed by atoms with Gasteiger partial charge in [0.1, 0.15) is 5.75 Å². The van der Waals surface area contributed by atoms with Crippen LogP contribution in [-0.2, 0) is 4.79 Å². The Hall–Kier alpha value is -1.84. The normalized spacial score (nSPS) is 11.9. The zero-order valence-electron chi connectivity index (χ0n) is 9.57. The first-order chi connectivity index (χ1) is 7.43. The number of hydrogen-bond acceptors (Lipinski definition) is 3. The Morgan fingerprint density at radius 2 is 2.00 bits per heavy atom. The van der Waals surface area contributed by atoms with E-state index in [9.17, 15) is 14.7 Å². The second kappa shape index (κ2) is 4.79. The molecule has 16 heavy (non-hydrogen) atoms. The van der Waals surface area contributed by atoms with E-state index in [4.69, 9.17) is 0 Å². The van der Waals surface area contributed by atoms with Crippen LogP contribution in [0.1, 0.15) is 29.8 Å². The van der Waals surface area contributed by atoms with Gasteiger partial charge in [0.25, 0.3) is 5.91 Å². The van der Waals surface area contributed by atoms with E-state index in [0.717, 1.165) is 0 Å². The summed E-state index contributed by atoms with van der Waals surface area (Å²) in [5, 5.41) is 12.2. The van der Waals surface area contributed by atoms with E-state index >= 15 is 0 Å². The molecule has 0 bridgehead atoms. The van der Waals surface area contributed by atoms with Gasteiger partial charge in [-0.25, -0.2) is 0 Å². The Labute approximate surface area is 94.3 Å². The highest BCUT2D eigenvalue weighted by molar-refractivity contribution is 5.99. The molecule has 1 atom stereocenters. The van der Waals surface area contributed by atoms with Crippen molar-refractivity contribution in [2.75, 3.05) is 0 Å². The Morgan fingerprint density at radius 1 is 1.38 bits per heavy atom. The molecule has 0 aromatic heterocycles. The number of amides is 1. The third-order valence-corrected chi connectivity index (χ3v) is 2.44. The summed E-state index contributed by atoms with van der Waals surface area (Å²) in [6, 6.07) is 4.36. The maximum Gasteiger partial charge on any atom is 0.255 e. The number of Topliss-reactive ketones (excluding diaryl/α,β-unsaturated/α-hetero) is 1. The van der Waals surface area contributed by atoms with Gasteiger partial charge >= 0.3 is 0 Å². The van der Waals surface area contributed by atoms with E-state index in [-0.39, 0.29) is 17.1 Å². The molecule has 86 valence electrons. The van der Waals surface area contributed by atoms with Crippen LogP contribution in [0.15, 0.2) is 18.2 Å². The molecule has 4 heteroatoms. The minimum atomic E-state index is -0.549. The molecule has 0 aliphatic heterocycles. The van der Waals surface area contributed by atoms with Crippen LogP contribution in [0, 0.1) is 6.92 Å². The predicted octanol–water partition coefficient (Wildman–Crippen LogP) is 1.41. The fourth-order valence-corrected chi connectivity index (χ4v) is 1.22. The number of para-hydroxylation sites is 1. The van der Waals surface area contributed by atoms with Gasteiger partial charge in [-0.1, -0.05) is 12.1 Å². The summed E-state index contributed by atoms with van der Waals surface area (Å²) in [5.41, 5.74) is 0.816. The van der Waals surface area contributed by atoms with Crippen LogP contribution in [0.25, 0.3) is 0 Å². The first kappa shape index (κ1) is 12.2. The first-order valence-corrected chi connectivity index (χ1v) is 5.03. The average molecular weight is 221 g/mol. The number of carbonyl (C=O) groups is 2. The summed E-state index contributed by atoms with van der Waals surface area (Å²) in [5.74, 6) is -0.611. The predicted molar refractivity (Wildman–Crippen MR) is 60.5 cm³/mol. The van der Waals surface area contributed by atoms with E-state index in [2.05, 4.69) is 5.32 Å². The summed E-state index contributed by atoms with van der Waals surface area (Å²) < 4.78 is 0. The molecule has 1 unspecified atom stereocenters. The number of phenols is 1. The highest BCUT2D eigenvalue weighted by atomic mass is 16.3. The Kier molecular flexibility index (Phi) is 3.66. The monoisotopic (exact) mass is 221 g/mol. The van der Waals surface area contributed by atoms with Gasteiger partial charge in [-0.2, -0.15) is 0 Å². The van der Waals surface area contributed by atoms with Crippen LogP contribution in [0.5, 0.6) is 5.75 Å². The second-order valence-electron chi connectivity index (χ2n) is 3.78. The number of phenolic OH excluding ortho intramolecular Hbond substituents is 1. The van der Waals surface area contributed by atoms with E-state index in [0.29, 0.717) is 5.56 Å². The van der Waals surface area contributed by atoms with Crippen molar-refractivity contribution in [1.29, 1.82) is 0 Å². The molecular weight excluding hydrogens is 206 g/mol. The fourth-order valence-electron chi connectivity index (χ4n) is 1.22. The quantitative estimate of drug-likeness (QED) is 0.811. The SMILES string of the molecule is CC(=O)C(C)NC(=O)c1cccc(C)c1O. The largest absolute Gasteiger partial charge is 0.507 e. The van der Waals surface area contributed by atoms with Gasteiger partial charge in [0.2, 0.25) is 0 Å². The molecular formula is C12H15NO3. The molecule has 2 N–H and O–H groups in total. The molecule has 1 aromatic rings. The van der Waals surface area contributed by atoms with Gasteiger partial charge < -0.3 is 10.4 Å². The number of ketones is 1. The average Bonchev–Trinajstić information content (AvgIpc) is 2.21. The molecule has 0 spiro atoms. The third kappa shape index (κ3) is 2.59. The summed E-state index contributed by atoms with van der Waals surface area (Å²) in [6.07, 6.45) is 0. The molecule has 0 aliphatic carbocycles. The lowest BCUT2D eigenvalue weighted by atomic mass is 10.1. The first-order valence-electron chi connectivity index (χ1n) is 5.03. The van der Waals surface area contributed by atoms with Crippen molar-refractivity contribution in [3.05, 3.63) is 29.3 Å². The molecule has 0 aliphatic rings. The maximum atomic E-state index is 11.7. The van der Waals surface area contributed by atoms with Gasteiger partial charge in [0.15, 0.2) is 5.78 Å². The van der Waals surface area contributed by atoms with E-state index in [1.54, 1.807) is 26.0 Å². The summed E-state index contributed by atoms with van der Waals surface area (Å²) >= 11 is 0. The zero-order valence-corrected chi connectivity index (χ0v) is 9.57. The summed E-state index contributed by atoms with van der Waals surface area (Å²) in [4.78, 5) is 22.7. The number of aryl methyl sites for hydroxylation is 1. The highest BCUT2D eigenvalue weighted by Gasteiger charge is 2.16. The summed E-state index contributed by atoms with van der Waals surface area (Å²) in [6.45, 7) is 4.72. The van der Waals surface area contributed by atoms with E-state index < -0.39 is 11.9 Å². The highest BCUT2D eigenvalue weighted by Crippen LogP contribution is 2.21. The lowest BCUT2D eigenvalue weighted by Crippen LogP contribution is -2.37. The van der Waals surface area contributed by atoms with Crippen LogP contribution in [-0.4, -0.2) is 22.8 Å². The Morgan fingerprint density at radius 3 is 2.56 bits per heavy atom. The number of carbonyl (C=O) groups excluding carboxylic acids is 2. The van der Waals surface area contributed by atoms with Crippen molar-refractivity contribution < 1.29 is 14.7 Å². The molecule has 1 aromatic carbocycles. The Bertz CT molecular complexity index is 426. The van der Waals surface area contributed by atoms with Crippen molar-refractivity contribution in [3.8, 4) is 5.75 Å². The second-order valence-corrected chi connectivity index (χ2v) is 3.78. The van der Waals surface area contributed by atoms with Gasteiger partial charge in [-0.05, 0) is 32.4 Å². The van der Waals surface area contributed by atoms with Crippen molar-refractivity contribution in [2.45, 2.75) is 26.8 Å². The number of rotatable bonds is 3. The van der Waals surface area contributed by atoms with Crippen molar-refractivity contribution in [2.24, 2.45) is 0 Å².